The summed E-state index contributed by atoms with van der Waals surface area (Å²) in [7, 11) is 0. The number of nitrogens with zero attached hydrogens (tertiary/aromatic N) is 3. The zero-order valence-electron chi connectivity index (χ0n) is 16.1. The maximum atomic E-state index is 13.1. The summed E-state index contributed by atoms with van der Waals surface area (Å²) in [5, 5.41) is 11.0. The van der Waals surface area contributed by atoms with E-state index in [0.29, 0.717) is 31.7 Å². The van der Waals surface area contributed by atoms with E-state index >= 15 is 0 Å². The van der Waals surface area contributed by atoms with Crippen LogP contribution in [-0.2, 0) is 17.8 Å². The number of carbonyl (C=O) groups excluding carboxylic acids is 2. The zero-order chi connectivity index (χ0) is 20.4. The van der Waals surface area contributed by atoms with E-state index < -0.39 is 4.92 Å². The standard InChI is InChI=1S/C22H23N3O4/c26-21(17-7-3-9-20(13-17)25(28)29)23-11-4-8-19(15-23)22(27)24-12-10-16-5-1-2-6-18(16)14-24/h1-3,5-7,9,13,19H,4,8,10-12,14-15H2/t19-/m1/s1. The highest BCUT2D eigenvalue weighted by atomic mass is 16.6. The number of carbonyl (C=O) groups is 2. The van der Waals surface area contributed by atoms with Gasteiger partial charge in [-0.05, 0) is 36.5 Å². The molecule has 0 unspecified atom stereocenters. The Kier molecular flexibility index (Phi) is 5.29. The van der Waals surface area contributed by atoms with Crippen LogP contribution in [0.2, 0.25) is 0 Å². The number of piperidine rings is 1. The number of amides is 2. The average Bonchev–Trinajstić information content (AvgIpc) is 2.78. The van der Waals surface area contributed by atoms with Gasteiger partial charge in [0.1, 0.15) is 0 Å². The van der Waals surface area contributed by atoms with Crippen molar-refractivity contribution in [3.63, 3.8) is 0 Å². The molecule has 0 radical (unpaired) electrons. The fraction of sp³-hybridized carbons (Fsp3) is 0.364. The van der Waals surface area contributed by atoms with Crippen molar-refractivity contribution >= 4 is 17.5 Å². The SMILES string of the molecule is O=C(c1cccc([N+](=O)[O-])c1)N1CCC[C@@H](C(=O)N2CCc3ccccc3C2)C1. The lowest BCUT2D eigenvalue weighted by molar-refractivity contribution is -0.384. The molecule has 0 bridgehead atoms. The lowest BCUT2D eigenvalue weighted by atomic mass is 9.93. The molecule has 7 nitrogen and oxygen atoms in total. The quantitative estimate of drug-likeness (QED) is 0.593. The van der Waals surface area contributed by atoms with Gasteiger partial charge >= 0.3 is 0 Å². The molecule has 4 rings (SSSR count). The van der Waals surface area contributed by atoms with Crippen LogP contribution in [0.5, 0.6) is 0 Å². The average molecular weight is 393 g/mol. The van der Waals surface area contributed by atoms with E-state index in [-0.39, 0.29) is 23.4 Å². The van der Waals surface area contributed by atoms with Crippen molar-refractivity contribution in [3.05, 3.63) is 75.3 Å². The lowest BCUT2D eigenvalue weighted by Gasteiger charge is -2.36. The Morgan fingerprint density at radius 3 is 2.59 bits per heavy atom. The first kappa shape index (κ1) is 19.1. The molecular weight excluding hydrogens is 370 g/mol. The van der Waals surface area contributed by atoms with Crippen molar-refractivity contribution in [2.24, 2.45) is 5.92 Å². The first-order chi connectivity index (χ1) is 14.0. The van der Waals surface area contributed by atoms with Gasteiger partial charge in [0.25, 0.3) is 11.6 Å². The Hall–Kier alpha value is -3.22. The van der Waals surface area contributed by atoms with Gasteiger partial charge in [-0.15, -0.1) is 0 Å². The Labute approximate surface area is 169 Å². The summed E-state index contributed by atoms with van der Waals surface area (Å²) < 4.78 is 0. The predicted octanol–water partition coefficient (Wildman–Crippen LogP) is 3.03. The maximum Gasteiger partial charge on any atom is 0.270 e. The van der Waals surface area contributed by atoms with Crippen LogP contribution in [-0.4, -0.2) is 46.2 Å². The molecular formula is C22H23N3O4. The number of nitro benzene ring substituents is 1. The highest BCUT2D eigenvalue weighted by Crippen LogP contribution is 2.25. The number of hydrogen-bond acceptors (Lipinski definition) is 4. The van der Waals surface area contributed by atoms with Gasteiger partial charge in [0.05, 0.1) is 10.8 Å². The van der Waals surface area contributed by atoms with Crippen LogP contribution in [0.15, 0.2) is 48.5 Å². The molecule has 2 aromatic carbocycles. The normalized spacial score (nSPS) is 18.8. The molecule has 7 heteroatoms. The topological polar surface area (TPSA) is 83.8 Å². The number of nitro groups is 1. The van der Waals surface area contributed by atoms with Gasteiger partial charge in [-0.25, -0.2) is 0 Å². The number of non-ortho nitro benzene ring substituents is 1. The van der Waals surface area contributed by atoms with E-state index in [2.05, 4.69) is 12.1 Å². The van der Waals surface area contributed by atoms with Gasteiger partial charge in [0, 0.05) is 43.9 Å². The summed E-state index contributed by atoms with van der Waals surface area (Å²) in [4.78, 5) is 40.0. The van der Waals surface area contributed by atoms with Crippen molar-refractivity contribution in [3.8, 4) is 0 Å². The number of likely N-dealkylation sites (tertiary alicyclic amines) is 1. The minimum absolute atomic E-state index is 0.0936. The van der Waals surface area contributed by atoms with E-state index in [1.54, 1.807) is 11.0 Å². The van der Waals surface area contributed by atoms with Crippen molar-refractivity contribution in [2.45, 2.75) is 25.8 Å². The summed E-state index contributed by atoms with van der Waals surface area (Å²) in [6.45, 7) is 2.24. The summed E-state index contributed by atoms with van der Waals surface area (Å²) in [6.07, 6.45) is 2.36. The molecule has 2 amide bonds. The summed E-state index contributed by atoms with van der Waals surface area (Å²) in [6, 6.07) is 14.0. The van der Waals surface area contributed by atoms with Crippen LogP contribution >= 0.6 is 0 Å². The zero-order valence-corrected chi connectivity index (χ0v) is 16.1. The van der Waals surface area contributed by atoms with Crippen molar-refractivity contribution in [1.29, 1.82) is 0 Å². The van der Waals surface area contributed by atoms with Crippen LogP contribution < -0.4 is 0 Å². The number of hydrogen-bond donors (Lipinski definition) is 0. The fourth-order valence-corrected chi connectivity index (χ4v) is 4.24. The molecule has 0 N–H and O–H groups in total. The second-order valence-electron chi connectivity index (χ2n) is 7.68. The molecule has 2 aliphatic rings. The number of rotatable bonds is 3. The van der Waals surface area contributed by atoms with E-state index in [9.17, 15) is 19.7 Å². The highest BCUT2D eigenvalue weighted by molar-refractivity contribution is 5.95. The molecule has 1 atom stereocenters. The fourth-order valence-electron chi connectivity index (χ4n) is 4.24. The van der Waals surface area contributed by atoms with Crippen LogP contribution in [0.3, 0.4) is 0 Å². The second-order valence-corrected chi connectivity index (χ2v) is 7.68. The molecule has 0 spiro atoms. The van der Waals surface area contributed by atoms with Crippen LogP contribution in [0, 0.1) is 16.0 Å². The monoisotopic (exact) mass is 393 g/mol. The third kappa shape index (κ3) is 3.99. The van der Waals surface area contributed by atoms with Gasteiger partial charge in [0.15, 0.2) is 0 Å². The minimum Gasteiger partial charge on any atom is -0.338 e. The summed E-state index contributed by atoms with van der Waals surface area (Å²) >= 11 is 0. The van der Waals surface area contributed by atoms with E-state index in [0.717, 1.165) is 19.3 Å². The largest absolute Gasteiger partial charge is 0.338 e. The molecule has 1 fully saturated rings. The summed E-state index contributed by atoms with van der Waals surface area (Å²) in [5.41, 5.74) is 2.67. The van der Waals surface area contributed by atoms with Crippen LogP contribution in [0.25, 0.3) is 0 Å². The number of benzene rings is 2. The molecule has 2 aromatic rings. The molecule has 2 heterocycles. The van der Waals surface area contributed by atoms with Gasteiger partial charge in [-0.1, -0.05) is 30.3 Å². The molecule has 0 aromatic heterocycles. The molecule has 0 aliphatic carbocycles. The Morgan fingerprint density at radius 1 is 1.00 bits per heavy atom. The molecule has 0 saturated carbocycles. The first-order valence-corrected chi connectivity index (χ1v) is 9.92. The van der Waals surface area contributed by atoms with Gasteiger partial charge in [-0.2, -0.15) is 0 Å². The molecule has 29 heavy (non-hydrogen) atoms. The van der Waals surface area contributed by atoms with Crippen LogP contribution in [0.1, 0.15) is 34.3 Å². The molecule has 2 aliphatic heterocycles. The molecule has 1 saturated heterocycles. The Balaban J connectivity index is 1.44. The van der Waals surface area contributed by atoms with E-state index in [1.807, 2.05) is 17.0 Å². The first-order valence-electron chi connectivity index (χ1n) is 9.92. The lowest BCUT2D eigenvalue weighted by Crippen LogP contribution is -2.47. The van der Waals surface area contributed by atoms with Gasteiger partial charge < -0.3 is 9.80 Å². The minimum atomic E-state index is -0.506. The van der Waals surface area contributed by atoms with Crippen LogP contribution in [0.4, 0.5) is 5.69 Å². The van der Waals surface area contributed by atoms with E-state index in [1.165, 1.54) is 29.3 Å². The van der Waals surface area contributed by atoms with E-state index in [4.69, 9.17) is 0 Å². The second kappa shape index (κ2) is 8.03. The Morgan fingerprint density at radius 2 is 1.79 bits per heavy atom. The third-order valence-corrected chi connectivity index (χ3v) is 5.80. The summed E-state index contributed by atoms with van der Waals surface area (Å²) in [5.74, 6) is -0.386. The van der Waals surface area contributed by atoms with Gasteiger partial charge in [-0.3, -0.25) is 19.7 Å². The Bertz CT molecular complexity index is 959. The highest BCUT2D eigenvalue weighted by Gasteiger charge is 2.33. The van der Waals surface area contributed by atoms with Gasteiger partial charge in [0.2, 0.25) is 5.91 Å². The predicted molar refractivity (Wildman–Crippen MR) is 107 cm³/mol. The molecule has 150 valence electrons. The smallest absolute Gasteiger partial charge is 0.270 e. The number of fused-ring (bicyclic) bond motifs is 1. The van der Waals surface area contributed by atoms with Crippen molar-refractivity contribution < 1.29 is 14.5 Å². The third-order valence-electron chi connectivity index (χ3n) is 5.80. The van der Waals surface area contributed by atoms with Crippen molar-refractivity contribution in [1.82, 2.24) is 9.80 Å². The maximum absolute atomic E-state index is 13.1. The van der Waals surface area contributed by atoms with Crippen molar-refractivity contribution in [2.75, 3.05) is 19.6 Å².